The van der Waals surface area contributed by atoms with Gasteiger partial charge < -0.3 is 15.5 Å². The average Bonchev–Trinajstić information content (AvgIpc) is 2.80. The molecule has 1 aromatic rings. The quantitative estimate of drug-likeness (QED) is 0.779. The molecule has 2 fully saturated rings. The molecule has 6 heteroatoms. The van der Waals surface area contributed by atoms with Crippen molar-refractivity contribution in [2.24, 2.45) is 5.73 Å². The van der Waals surface area contributed by atoms with Gasteiger partial charge in [0.15, 0.2) is 0 Å². The molecule has 1 amide bonds. The minimum atomic E-state index is 0.288. The minimum Gasteiger partial charge on any atom is -0.337 e. The molecule has 1 unspecified atom stereocenters. The SMILES string of the molecule is NCc1ccnc(N2CCN3C(=O)CCC3C2)n1. The van der Waals surface area contributed by atoms with Crippen LogP contribution in [0.1, 0.15) is 18.5 Å². The zero-order valence-electron chi connectivity index (χ0n) is 10.2. The number of rotatable bonds is 2. The highest BCUT2D eigenvalue weighted by Gasteiger charge is 2.36. The number of hydrogen-bond acceptors (Lipinski definition) is 5. The molecule has 0 bridgehead atoms. The van der Waals surface area contributed by atoms with Gasteiger partial charge in [-0.05, 0) is 12.5 Å². The van der Waals surface area contributed by atoms with E-state index in [1.165, 1.54) is 0 Å². The molecule has 0 saturated carbocycles. The fourth-order valence-electron chi connectivity index (χ4n) is 2.70. The van der Waals surface area contributed by atoms with Gasteiger partial charge in [-0.3, -0.25) is 4.79 Å². The van der Waals surface area contributed by atoms with Gasteiger partial charge in [0.25, 0.3) is 0 Å². The molecule has 2 aliphatic heterocycles. The number of amides is 1. The molecule has 1 atom stereocenters. The number of fused-ring (bicyclic) bond motifs is 1. The number of nitrogens with two attached hydrogens (primary N) is 1. The summed E-state index contributed by atoms with van der Waals surface area (Å²) in [6, 6.07) is 2.16. The number of piperazine rings is 1. The highest BCUT2D eigenvalue weighted by Crippen LogP contribution is 2.24. The van der Waals surface area contributed by atoms with Crippen molar-refractivity contribution in [3.63, 3.8) is 0 Å². The molecule has 0 aliphatic carbocycles. The fourth-order valence-corrected chi connectivity index (χ4v) is 2.70. The smallest absolute Gasteiger partial charge is 0.225 e. The van der Waals surface area contributed by atoms with Gasteiger partial charge in [0, 0.05) is 44.8 Å². The van der Waals surface area contributed by atoms with Crippen LogP contribution in [0.2, 0.25) is 0 Å². The second-order valence-corrected chi connectivity index (χ2v) is 4.78. The summed E-state index contributed by atoms with van der Waals surface area (Å²) in [5.74, 6) is 1.02. The van der Waals surface area contributed by atoms with Crippen molar-refractivity contribution in [3.05, 3.63) is 18.0 Å². The molecule has 2 N–H and O–H groups in total. The molecule has 3 rings (SSSR count). The predicted octanol–water partition coefficient (Wildman–Crippen LogP) is -0.254. The second-order valence-electron chi connectivity index (χ2n) is 4.78. The maximum atomic E-state index is 11.6. The lowest BCUT2D eigenvalue weighted by atomic mass is 10.1. The first-order valence-corrected chi connectivity index (χ1v) is 6.34. The molecule has 96 valence electrons. The summed E-state index contributed by atoms with van der Waals surface area (Å²) < 4.78 is 0. The first-order valence-electron chi connectivity index (χ1n) is 6.34. The van der Waals surface area contributed by atoms with Crippen LogP contribution in [0.4, 0.5) is 5.95 Å². The van der Waals surface area contributed by atoms with Crippen LogP contribution < -0.4 is 10.6 Å². The Balaban J connectivity index is 1.76. The number of carbonyl (C=O) groups excluding carboxylic acids is 1. The Labute approximate surface area is 106 Å². The Bertz CT molecular complexity index is 464. The summed E-state index contributed by atoms with van der Waals surface area (Å²) in [6.45, 7) is 2.84. The summed E-state index contributed by atoms with van der Waals surface area (Å²) in [5.41, 5.74) is 6.44. The number of aromatic nitrogens is 2. The van der Waals surface area contributed by atoms with E-state index in [1.54, 1.807) is 6.20 Å². The van der Waals surface area contributed by atoms with Crippen LogP contribution in [0.5, 0.6) is 0 Å². The first-order chi connectivity index (χ1) is 8.78. The molecule has 0 aromatic carbocycles. The Kier molecular flexibility index (Phi) is 2.87. The van der Waals surface area contributed by atoms with Crippen LogP contribution in [0, 0.1) is 0 Å². The van der Waals surface area contributed by atoms with E-state index >= 15 is 0 Å². The lowest BCUT2D eigenvalue weighted by molar-refractivity contribution is -0.129. The van der Waals surface area contributed by atoms with E-state index < -0.39 is 0 Å². The van der Waals surface area contributed by atoms with Gasteiger partial charge in [-0.15, -0.1) is 0 Å². The molecular formula is C12H17N5O. The van der Waals surface area contributed by atoms with E-state index in [-0.39, 0.29) is 5.91 Å². The van der Waals surface area contributed by atoms with Gasteiger partial charge in [-0.1, -0.05) is 0 Å². The van der Waals surface area contributed by atoms with Crippen molar-refractivity contribution in [3.8, 4) is 0 Å². The maximum absolute atomic E-state index is 11.6. The van der Waals surface area contributed by atoms with Crippen LogP contribution in [0.3, 0.4) is 0 Å². The van der Waals surface area contributed by atoms with Crippen LogP contribution in [0.15, 0.2) is 12.3 Å². The third kappa shape index (κ3) is 1.92. The third-order valence-electron chi connectivity index (χ3n) is 3.69. The van der Waals surface area contributed by atoms with E-state index in [0.717, 1.165) is 37.7 Å². The molecule has 3 heterocycles. The predicted molar refractivity (Wildman–Crippen MR) is 66.9 cm³/mol. The highest BCUT2D eigenvalue weighted by atomic mass is 16.2. The van der Waals surface area contributed by atoms with Crippen LogP contribution in [-0.4, -0.2) is 46.5 Å². The lowest BCUT2D eigenvalue weighted by Crippen LogP contribution is -2.52. The van der Waals surface area contributed by atoms with Gasteiger partial charge in [-0.25, -0.2) is 9.97 Å². The fraction of sp³-hybridized carbons (Fsp3) is 0.583. The van der Waals surface area contributed by atoms with Crippen molar-refractivity contribution in [2.75, 3.05) is 24.5 Å². The molecule has 6 nitrogen and oxygen atoms in total. The van der Waals surface area contributed by atoms with E-state index in [1.807, 2.05) is 11.0 Å². The zero-order valence-corrected chi connectivity index (χ0v) is 10.2. The zero-order chi connectivity index (χ0) is 12.5. The van der Waals surface area contributed by atoms with Gasteiger partial charge in [0.05, 0.1) is 5.69 Å². The molecule has 2 aliphatic rings. The van der Waals surface area contributed by atoms with E-state index in [2.05, 4.69) is 14.9 Å². The topological polar surface area (TPSA) is 75.3 Å². The van der Waals surface area contributed by atoms with Gasteiger partial charge in [0.1, 0.15) is 0 Å². The third-order valence-corrected chi connectivity index (χ3v) is 3.69. The Morgan fingerprint density at radius 3 is 3.17 bits per heavy atom. The van der Waals surface area contributed by atoms with Crippen LogP contribution in [0.25, 0.3) is 0 Å². The molecule has 1 aromatic heterocycles. The van der Waals surface area contributed by atoms with Gasteiger partial charge >= 0.3 is 0 Å². The number of nitrogens with zero attached hydrogens (tertiary/aromatic N) is 4. The number of hydrogen-bond donors (Lipinski definition) is 1. The maximum Gasteiger partial charge on any atom is 0.225 e. The summed E-state index contributed by atoms with van der Waals surface area (Å²) in [5, 5.41) is 0. The number of carbonyl (C=O) groups is 1. The lowest BCUT2D eigenvalue weighted by Gasteiger charge is -2.37. The van der Waals surface area contributed by atoms with E-state index in [4.69, 9.17) is 5.73 Å². The van der Waals surface area contributed by atoms with Crippen molar-refractivity contribution in [2.45, 2.75) is 25.4 Å². The molecule has 0 spiro atoms. The molecule has 18 heavy (non-hydrogen) atoms. The van der Waals surface area contributed by atoms with E-state index in [9.17, 15) is 4.79 Å². The average molecular weight is 247 g/mol. The Morgan fingerprint density at radius 2 is 2.33 bits per heavy atom. The summed E-state index contributed by atoms with van der Waals surface area (Å²) >= 11 is 0. The van der Waals surface area contributed by atoms with Crippen LogP contribution >= 0.6 is 0 Å². The van der Waals surface area contributed by atoms with Gasteiger partial charge in [-0.2, -0.15) is 0 Å². The summed E-state index contributed by atoms with van der Waals surface area (Å²) in [6.07, 6.45) is 3.38. The van der Waals surface area contributed by atoms with Crippen LogP contribution in [-0.2, 0) is 11.3 Å². The molecule has 2 saturated heterocycles. The molecule has 0 radical (unpaired) electrons. The monoisotopic (exact) mass is 247 g/mol. The standard InChI is InChI=1S/C12H17N5O/c13-7-9-3-4-14-12(15-9)16-5-6-17-10(8-16)1-2-11(17)18/h3-4,10H,1-2,5-8,13H2. The van der Waals surface area contributed by atoms with Crippen molar-refractivity contribution in [1.82, 2.24) is 14.9 Å². The first kappa shape index (κ1) is 11.4. The van der Waals surface area contributed by atoms with Crippen molar-refractivity contribution in [1.29, 1.82) is 0 Å². The normalized spacial score (nSPS) is 23.4. The largest absolute Gasteiger partial charge is 0.337 e. The van der Waals surface area contributed by atoms with Crippen molar-refractivity contribution < 1.29 is 4.79 Å². The summed E-state index contributed by atoms with van der Waals surface area (Å²) in [4.78, 5) is 24.5. The van der Waals surface area contributed by atoms with Gasteiger partial charge in [0.2, 0.25) is 11.9 Å². The Morgan fingerprint density at radius 1 is 1.44 bits per heavy atom. The van der Waals surface area contributed by atoms with Crippen molar-refractivity contribution >= 4 is 11.9 Å². The second kappa shape index (κ2) is 4.53. The van der Waals surface area contributed by atoms with E-state index in [0.29, 0.717) is 19.0 Å². The summed E-state index contributed by atoms with van der Waals surface area (Å²) in [7, 11) is 0. The Hall–Kier alpha value is -1.69. The number of anilines is 1. The molecular weight excluding hydrogens is 230 g/mol. The minimum absolute atomic E-state index is 0.288. The highest BCUT2D eigenvalue weighted by molar-refractivity contribution is 5.79.